The fourth-order valence-corrected chi connectivity index (χ4v) is 1.42. The molecule has 1 heterocycles. The van der Waals surface area contributed by atoms with Gasteiger partial charge >= 0.3 is 0 Å². The molecule has 4 nitrogen and oxygen atoms in total. The van der Waals surface area contributed by atoms with Gasteiger partial charge < -0.3 is 5.32 Å². The van der Waals surface area contributed by atoms with Crippen molar-refractivity contribution in [3.8, 4) is 0 Å². The van der Waals surface area contributed by atoms with Gasteiger partial charge in [0.25, 0.3) is 0 Å². The standard InChI is InChI=1S/C11H14N4/c1-10-3-2-4-11(7-10)13-5-6-15-9-12-8-14-15/h2-4,7-9,13H,5-6H2,1H3. The molecule has 1 aromatic carbocycles. The van der Waals surface area contributed by atoms with Crippen LogP contribution in [0.3, 0.4) is 0 Å². The SMILES string of the molecule is Cc1cccc(NCCn2cncn2)c1. The molecular weight excluding hydrogens is 188 g/mol. The molecule has 0 aliphatic carbocycles. The topological polar surface area (TPSA) is 42.7 Å². The minimum Gasteiger partial charge on any atom is -0.383 e. The van der Waals surface area contributed by atoms with Gasteiger partial charge in [0, 0.05) is 12.2 Å². The van der Waals surface area contributed by atoms with Crippen molar-refractivity contribution in [2.75, 3.05) is 11.9 Å². The van der Waals surface area contributed by atoms with Crippen molar-refractivity contribution in [3.63, 3.8) is 0 Å². The molecule has 0 saturated carbocycles. The van der Waals surface area contributed by atoms with Crippen LogP contribution in [-0.2, 0) is 6.54 Å². The maximum atomic E-state index is 4.03. The average molecular weight is 202 g/mol. The summed E-state index contributed by atoms with van der Waals surface area (Å²) >= 11 is 0. The Morgan fingerprint density at radius 2 is 2.33 bits per heavy atom. The predicted octanol–water partition coefficient (Wildman–Crippen LogP) is 1.70. The minimum atomic E-state index is 0.827. The van der Waals surface area contributed by atoms with E-state index in [-0.39, 0.29) is 0 Å². The van der Waals surface area contributed by atoms with Crippen molar-refractivity contribution in [1.29, 1.82) is 0 Å². The highest BCUT2D eigenvalue weighted by Gasteiger charge is 1.93. The van der Waals surface area contributed by atoms with Gasteiger partial charge in [0.15, 0.2) is 0 Å². The normalized spacial score (nSPS) is 10.2. The van der Waals surface area contributed by atoms with E-state index >= 15 is 0 Å². The van der Waals surface area contributed by atoms with Crippen LogP contribution < -0.4 is 5.32 Å². The molecule has 0 radical (unpaired) electrons. The third-order valence-corrected chi connectivity index (χ3v) is 2.15. The van der Waals surface area contributed by atoms with Crippen LogP contribution in [0.4, 0.5) is 5.69 Å². The Balaban J connectivity index is 1.83. The Kier molecular flexibility index (Phi) is 2.97. The number of aryl methyl sites for hydroxylation is 1. The summed E-state index contributed by atoms with van der Waals surface area (Å²) in [5, 5.41) is 7.37. The van der Waals surface area contributed by atoms with Crippen molar-refractivity contribution in [3.05, 3.63) is 42.5 Å². The number of anilines is 1. The van der Waals surface area contributed by atoms with E-state index in [9.17, 15) is 0 Å². The Bertz CT molecular complexity index is 408. The third kappa shape index (κ3) is 2.80. The second kappa shape index (κ2) is 4.59. The lowest BCUT2D eigenvalue weighted by molar-refractivity contribution is 0.636. The number of nitrogens with zero attached hydrogens (tertiary/aromatic N) is 3. The molecule has 0 bridgehead atoms. The van der Waals surface area contributed by atoms with Gasteiger partial charge in [-0.2, -0.15) is 5.10 Å². The van der Waals surface area contributed by atoms with Crippen molar-refractivity contribution >= 4 is 5.69 Å². The molecule has 0 fully saturated rings. The zero-order valence-corrected chi connectivity index (χ0v) is 8.72. The van der Waals surface area contributed by atoms with Crippen LogP contribution in [0.5, 0.6) is 0 Å². The summed E-state index contributed by atoms with van der Waals surface area (Å²) in [6.07, 6.45) is 3.27. The van der Waals surface area contributed by atoms with Crippen LogP contribution in [0.2, 0.25) is 0 Å². The lowest BCUT2D eigenvalue weighted by atomic mass is 10.2. The van der Waals surface area contributed by atoms with Crippen molar-refractivity contribution in [2.24, 2.45) is 0 Å². The number of hydrogen-bond donors (Lipinski definition) is 1. The summed E-state index contributed by atoms with van der Waals surface area (Å²) in [6.45, 7) is 3.77. The Morgan fingerprint density at radius 3 is 3.07 bits per heavy atom. The third-order valence-electron chi connectivity index (χ3n) is 2.15. The van der Waals surface area contributed by atoms with Crippen LogP contribution in [-0.4, -0.2) is 21.3 Å². The monoisotopic (exact) mass is 202 g/mol. The highest BCUT2D eigenvalue weighted by Crippen LogP contribution is 2.08. The maximum absolute atomic E-state index is 4.03. The first kappa shape index (κ1) is 9.71. The van der Waals surface area contributed by atoms with Gasteiger partial charge in [0.05, 0.1) is 6.54 Å². The van der Waals surface area contributed by atoms with Gasteiger partial charge in [-0.25, -0.2) is 4.98 Å². The number of benzene rings is 1. The molecule has 15 heavy (non-hydrogen) atoms. The molecule has 4 heteroatoms. The molecule has 1 aromatic heterocycles. The fourth-order valence-electron chi connectivity index (χ4n) is 1.42. The van der Waals surface area contributed by atoms with E-state index in [2.05, 4.69) is 40.5 Å². The minimum absolute atomic E-state index is 0.827. The summed E-state index contributed by atoms with van der Waals surface area (Å²) < 4.78 is 1.81. The second-order valence-electron chi connectivity index (χ2n) is 3.45. The first-order chi connectivity index (χ1) is 7.34. The molecule has 0 unspecified atom stereocenters. The zero-order valence-electron chi connectivity index (χ0n) is 8.72. The first-order valence-electron chi connectivity index (χ1n) is 4.97. The van der Waals surface area contributed by atoms with Crippen molar-refractivity contribution < 1.29 is 0 Å². The predicted molar refractivity (Wildman–Crippen MR) is 59.7 cm³/mol. The van der Waals surface area contributed by atoms with Crippen molar-refractivity contribution in [1.82, 2.24) is 14.8 Å². The molecule has 0 amide bonds. The maximum Gasteiger partial charge on any atom is 0.137 e. The van der Waals surface area contributed by atoms with Gasteiger partial charge in [-0.3, -0.25) is 4.68 Å². The van der Waals surface area contributed by atoms with Crippen LogP contribution in [0.15, 0.2) is 36.9 Å². The lowest BCUT2D eigenvalue weighted by Gasteiger charge is -2.06. The lowest BCUT2D eigenvalue weighted by Crippen LogP contribution is -2.10. The summed E-state index contributed by atoms with van der Waals surface area (Å²) in [7, 11) is 0. The van der Waals surface area contributed by atoms with Crippen LogP contribution in [0.1, 0.15) is 5.56 Å². The van der Waals surface area contributed by atoms with E-state index in [0.717, 1.165) is 18.8 Å². The van der Waals surface area contributed by atoms with Gasteiger partial charge in [-0.05, 0) is 24.6 Å². The average Bonchev–Trinajstić information content (AvgIpc) is 2.71. The second-order valence-corrected chi connectivity index (χ2v) is 3.45. The van der Waals surface area contributed by atoms with E-state index in [0.29, 0.717) is 0 Å². The molecule has 0 aliphatic heterocycles. The summed E-state index contributed by atoms with van der Waals surface area (Å²) in [5.41, 5.74) is 2.41. The Morgan fingerprint density at radius 1 is 1.40 bits per heavy atom. The Hall–Kier alpha value is -1.84. The van der Waals surface area contributed by atoms with Gasteiger partial charge in [-0.15, -0.1) is 0 Å². The van der Waals surface area contributed by atoms with Gasteiger partial charge in [-0.1, -0.05) is 12.1 Å². The van der Waals surface area contributed by atoms with Crippen molar-refractivity contribution in [2.45, 2.75) is 13.5 Å². The quantitative estimate of drug-likeness (QED) is 0.820. The molecule has 0 spiro atoms. The van der Waals surface area contributed by atoms with E-state index in [1.165, 1.54) is 5.56 Å². The molecule has 0 saturated heterocycles. The molecule has 78 valence electrons. The highest BCUT2D eigenvalue weighted by molar-refractivity contribution is 5.45. The number of nitrogens with one attached hydrogen (secondary N) is 1. The molecule has 0 aliphatic rings. The van der Waals surface area contributed by atoms with Gasteiger partial charge in [0.1, 0.15) is 12.7 Å². The van der Waals surface area contributed by atoms with Crippen LogP contribution in [0.25, 0.3) is 0 Å². The highest BCUT2D eigenvalue weighted by atomic mass is 15.3. The van der Waals surface area contributed by atoms with E-state index < -0.39 is 0 Å². The van der Waals surface area contributed by atoms with Crippen LogP contribution in [0, 0.1) is 6.92 Å². The number of rotatable bonds is 4. The number of aromatic nitrogens is 3. The van der Waals surface area contributed by atoms with E-state index in [4.69, 9.17) is 0 Å². The van der Waals surface area contributed by atoms with Gasteiger partial charge in [0.2, 0.25) is 0 Å². The summed E-state index contributed by atoms with van der Waals surface area (Å²) in [6, 6.07) is 8.32. The molecule has 2 aromatic rings. The summed E-state index contributed by atoms with van der Waals surface area (Å²) in [4.78, 5) is 3.89. The van der Waals surface area contributed by atoms with E-state index in [1.54, 1.807) is 12.7 Å². The smallest absolute Gasteiger partial charge is 0.137 e. The van der Waals surface area contributed by atoms with E-state index in [1.807, 2.05) is 10.7 Å². The first-order valence-corrected chi connectivity index (χ1v) is 4.97. The Labute approximate surface area is 89.0 Å². The molecule has 0 atom stereocenters. The fraction of sp³-hybridized carbons (Fsp3) is 0.273. The molecule has 2 rings (SSSR count). The molecule has 1 N–H and O–H groups in total. The number of hydrogen-bond acceptors (Lipinski definition) is 3. The summed E-state index contributed by atoms with van der Waals surface area (Å²) in [5.74, 6) is 0. The zero-order chi connectivity index (χ0) is 10.5. The van der Waals surface area contributed by atoms with Crippen LogP contribution >= 0.6 is 0 Å². The molecular formula is C11H14N4. The largest absolute Gasteiger partial charge is 0.383 e.